The average Bonchev–Trinajstić information content (AvgIpc) is 3.50. The molecule has 8 N–H and O–H groups in total. The van der Waals surface area contributed by atoms with Crippen LogP contribution in [0.1, 0.15) is 22.1 Å². The van der Waals surface area contributed by atoms with E-state index in [2.05, 4.69) is 35.4 Å². The molecule has 0 bridgehead atoms. The highest BCUT2D eigenvalue weighted by molar-refractivity contribution is 14.0. The van der Waals surface area contributed by atoms with Crippen LogP contribution in [0.5, 0.6) is 0 Å². The highest BCUT2D eigenvalue weighted by Gasteiger charge is 2.01. The Morgan fingerprint density at radius 2 is 1.55 bits per heavy atom. The van der Waals surface area contributed by atoms with Crippen molar-refractivity contribution in [1.29, 1.82) is 5.26 Å². The average molecular weight is 522 g/mol. The zero-order chi connectivity index (χ0) is 21.2. The summed E-state index contributed by atoms with van der Waals surface area (Å²) in [5, 5.41) is 33.0. The SMILES string of the molecule is I.N#Cc1ccno1.NC(=NCCO)c1ccno1.NC(=O)c1ccno1.NO. The topological polar surface area (TPSA) is 250 Å². The summed E-state index contributed by atoms with van der Waals surface area (Å²) >= 11 is 0. The van der Waals surface area contributed by atoms with Gasteiger partial charge in [0.25, 0.3) is 5.91 Å². The minimum Gasteiger partial charge on any atom is -0.394 e. The lowest BCUT2D eigenvalue weighted by Gasteiger charge is -1.91. The van der Waals surface area contributed by atoms with Crippen LogP contribution < -0.4 is 17.4 Å². The maximum Gasteiger partial charge on any atom is 0.287 e. The van der Waals surface area contributed by atoms with Gasteiger partial charge in [-0.25, -0.2) is 5.90 Å². The number of carbonyl (C=O) groups excluding carboxylic acids is 1. The Balaban J connectivity index is 0. The Morgan fingerprint density at radius 3 is 1.86 bits per heavy atom. The van der Waals surface area contributed by atoms with Crippen molar-refractivity contribution in [3.63, 3.8) is 0 Å². The third-order valence-corrected chi connectivity index (χ3v) is 2.30. The number of nitrogens with zero attached hydrogens (tertiary/aromatic N) is 5. The molecule has 0 aliphatic carbocycles. The first-order valence-electron chi connectivity index (χ1n) is 7.17. The molecule has 3 rings (SSSR count). The molecule has 0 aliphatic heterocycles. The van der Waals surface area contributed by atoms with Crippen LogP contribution in [-0.4, -0.2) is 50.7 Å². The van der Waals surface area contributed by atoms with Gasteiger partial charge in [-0.2, -0.15) is 5.26 Å². The Hall–Kier alpha value is -3.33. The van der Waals surface area contributed by atoms with Gasteiger partial charge in [-0.3, -0.25) is 9.79 Å². The first-order valence-corrected chi connectivity index (χ1v) is 7.17. The number of hydrogen-bond acceptors (Lipinski definition) is 12. The summed E-state index contributed by atoms with van der Waals surface area (Å²) in [6, 6.07) is 6.29. The number of rotatable bonds is 4. The zero-order valence-corrected chi connectivity index (χ0v) is 17.1. The third-order valence-electron chi connectivity index (χ3n) is 2.30. The van der Waals surface area contributed by atoms with Crippen molar-refractivity contribution in [2.45, 2.75) is 0 Å². The Bertz CT molecular complexity index is 815. The molecule has 29 heavy (non-hydrogen) atoms. The molecule has 0 unspecified atom stereocenters. The fraction of sp³-hybridized carbons (Fsp3) is 0.143. The second-order valence-electron chi connectivity index (χ2n) is 4.10. The van der Waals surface area contributed by atoms with Gasteiger partial charge in [0.15, 0.2) is 5.84 Å². The molecule has 0 aromatic carbocycles. The van der Waals surface area contributed by atoms with Gasteiger partial charge in [0, 0.05) is 18.2 Å². The molecule has 0 radical (unpaired) electrons. The summed E-state index contributed by atoms with van der Waals surface area (Å²) in [5.74, 6) is 3.93. The number of amides is 1. The van der Waals surface area contributed by atoms with Crippen LogP contribution in [0.2, 0.25) is 0 Å². The number of hydrogen-bond donors (Lipinski definition) is 5. The molecule has 0 spiro atoms. The summed E-state index contributed by atoms with van der Waals surface area (Å²) in [6.45, 7) is 0.265. The highest BCUT2D eigenvalue weighted by atomic mass is 127. The first kappa shape index (κ1) is 27.9. The van der Waals surface area contributed by atoms with Gasteiger partial charge in [-0.1, -0.05) is 15.5 Å². The molecule has 0 atom stereocenters. The summed E-state index contributed by atoms with van der Waals surface area (Å²) in [6.07, 6.45) is 4.27. The standard InChI is InChI=1S/C6H9N3O2.C4H4N2O2.C4H2N2O.HI.H3NO/c7-6(8-3-4-10)5-1-2-9-11-5;5-4(7)3-1-2-6-8-3;5-3-4-1-2-6-7-4;;1-2/h1-2,10H,3-4H2,(H2,7,8);1-2H,(H2,5,7);1-2H;1H;2H,1H2. The molecule has 1 amide bonds. The van der Waals surface area contributed by atoms with E-state index in [9.17, 15) is 4.79 Å². The maximum absolute atomic E-state index is 10.2. The predicted molar refractivity (Wildman–Crippen MR) is 107 cm³/mol. The van der Waals surface area contributed by atoms with E-state index < -0.39 is 5.91 Å². The number of halogens is 1. The van der Waals surface area contributed by atoms with E-state index in [1.165, 1.54) is 30.7 Å². The molecule has 3 aromatic heterocycles. The lowest BCUT2D eigenvalue weighted by Crippen LogP contribution is -2.13. The molecular formula is C14H19IN8O6. The van der Waals surface area contributed by atoms with Gasteiger partial charge < -0.3 is 35.4 Å². The molecule has 0 fully saturated rings. The molecule has 0 saturated carbocycles. The first-order chi connectivity index (χ1) is 13.6. The van der Waals surface area contributed by atoms with E-state index in [0.29, 0.717) is 5.76 Å². The number of aliphatic imine (C=N–C) groups is 1. The number of carbonyl (C=O) groups is 1. The largest absolute Gasteiger partial charge is 0.394 e. The fourth-order valence-corrected chi connectivity index (χ4v) is 1.21. The number of amidine groups is 1. The van der Waals surface area contributed by atoms with Crippen molar-refractivity contribution < 1.29 is 28.7 Å². The van der Waals surface area contributed by atoms with Gasteiger partial charge in [-0.05, 0) is 0 Å². The molecule has 3 heterocycles. The monoisotopic (exact) mass is 522 g/mol. The summed E-state index contributed by atoms with van der Waals surface area (Å²) in [7, 11) is 0. The van der Waals surface area contributed by atoms with Crippen LogP contribution in [-0.2, 0) is 0 Å². The van der Waals surface area contributed by atoms with Gasteiger partial charge >= 0.3 is 0 Å². The zero-order valence-electron chi connectivity index (χ0n) is 14.8. The Labute approximate surface area is 180 Å². The van der Waals surface area contributed by atoms with Crippen LogP contribution in [0.3, 0.4) is 0 Å². The van der Waals surface area contributed by atoms with Crippen molar-refractivity contribution in [2.75, 3.05) is 13.2 Å². The smallest absolute Gasteiger partial charge is 0.287 e. The second kappa shape index (κ2) is 18.1. The van der Waals surface area contributed by atoms with E-state index in [1.54, 1.807) is 12.1 Å². The van der Waals surface area contributed by atoms with Crippen LogP contribution in [0.4, 0.5) is 0 Å². The van der Waals surface area contributed by atoms with E-state index in [1.807, 2.05) is 0 Å². The van der Waals surface area contributed by atoms with Gasteiger partial charge in [0.2, 0.25) is 17.3 Å². The van der Waals surface area contributed by atoms with Gasteiger partial charge in [-0.15, -0.1) is 24.0 Å². The van der Waals surface area contributed by atoms with Crippen molar-refractivity contribution in [3.8, 4) is 6.07 Å². The van der Waals surface area contributed by atoms with Crippen molar-refractivity contribution >= 4 is 35.7 Å². The van der Waals surface area contributed by atoms with Crippen molar-refractivity contribution in [1.82, 2.24) is 15.5 Å². The predicted octanol–water partition coefficient (Wildman–Crippen LogP) is -0.356. The lowest BCUT2D eigenvalue weighted by molar-refractivity contribution is 0.0965. The normalized spacial score (nSPS) is 9.10. The minimum absolute atomic E-state index is 0. The summed E-state index contributed by atoms with van der Waals surface area (Å²) < 4.78 is 13.4. The number of primary amides is 1. The maximum atomic E-state index is 10.2. The van der Waals surface area contributed by atoms with Crippen molar-refractivity contribution in [2.24, 2.45) is 22.4 Å². The quantitative estimate of drug-likeness (QED) is 0.128. The van der Waals surface area contributed by atoms with Crippen LogP contribution in [0.15, 0.2) is 55.4 Å². The Kier molecular flexibility index (Phi) is 17.4. The third kappa shape index (κ3) is 12.6. The van der Waals surface area contributed by atoms with Crippen molar-refractivity contribution in [3.05, 3.63) is 54.1 Å². The number of aliphatic hydroxyl groups excluding tert-OH is 1. The number of aliphatic hydroxyl groups is 1. The highest BCUT2D eigenvalue weighted by Crippen LogP contribution is 1.94. The second-order valence-corrected chi connectivity index (χ2v) is 4.10. The number of nitriles is 1. The molecule has 0 saturated heterocycles. The van der Waals surface area contributed by atoms with E-state index in [-0.39, 0.29) is 54.5 Å². The molecule has 0 aliphatic rings. The fourth-order valence-electron chi connectivity index (χ4n) is 1.21. The van der Waals surface area contributed by atoms with Crippen LogP contribution in [0, 0.1) is 11.3 Å². The van der Waals surface area contributed by atoms with Gasteiger partial charge in [0.05, 0.1) is 31.7 Å². The molecular weight excluding hydrogens is 503 g/mol. The molecule has 158 valence electrons. The number of nitrogens with two attached hydrogens (primary N) is 3. The summed E-state index contributed by atoms with van der Waals surface area (Å²) in [5.41, 5.74) is 10.2. The molecule has 14 nitrogen and oxygen atoms in total. The van der Waals surface area contributed by atoms with Crippen LogP contribution >= 0.6 is 24.0 Å². The minimum atomic E-state index is -0.595. The van der Waals surface area contributed by atoms with Crippen LogP contribution in [0.25, 0.3) is 0 Å². The van der Waals surface area contributed by atoms with Gasteiger partial charge in [0.1, 0.15) is 6.07 Å². The summed E-state index contributed by atoms with van der Waals surface area (Å²) in [4.78, 5) is 13.9. The molecule has 3 aromatic rings. The number of aromatic nitrogens is 3. The molecule has 15 heteroatoms. The van der Waals surface area contributed by atoms with E-state index >= 15 is 0 Å². The van der Waals surface area contributed by atoms with E-state index in [0.717, 1.165) is 0 Å². The lowest BCUT2D eigenvalue weighted by atomic mass is 10.4. The van der Waals surface area contributed by atoms with E-state index in [4.69, 9.17) is 31.6 Å². The Morgan fingerprint density at radius 1 is 1.03 bits per heavy atom.